The maximum Gasteiger partial charge on any atom is 0.0457 e. The molecule has 0 aliphatic heterocycles. The minimum absolute atomic E-state index is 1.08. The third-order valence-electron chi connectivity index (χ3n) is 3.40. The highest BCUT2D eigenvalue weighted by Gasteiger charge is 2.06. The van der Waals surface area contributed by atoms with Crippen molar-refractivity contribution in [2.75, 3.05) is 20.6 Å². The summed E-state index contributed by atoms with van der Waals surface area (Å²) in [5.74, 6) is 0. The summed E-state index contributed by atoms with van der Waals surface area (Å²) in [6.45, 7) is 1.08. The van der Waals surface area contributed by atoms with Crippen molar-refractivity contribution in [3.8, 4) is 10.4 Å². The zero-order chi connectivity index (χ0) is 13.2. The lowest BCUT2D eigenvalue weighted by molar-refractivity contribution is 0.414. The summed E-state index contributed by atoms with van der Waals surface area (Å²) in [4.78, 5) is 6.93. The average Bonchev–Trinajstić information content (AvgIpc) is 3.05. The topological polar surface area (TPSA) is 19.0 Å². The zero-order valence-corrected chi connectivity index (χ0v) is 12.1. The summed E-state index contributed by atoms with van der Waals surface area (Å²) < 4.78 is 0. The number of fused-ring (bicyclic) bond motifs is 1. The molecule has 0 bridgehead atoms. The number of hydrogen-bond donors (Lipinski definition) is 1. The fraction of sp³-hybridized carbons (Fsp3) is 0.250. The van der Waals surface area contributed by atoms with Gasteiger partial charge >= 0.3 is 0 Å². The van der Waals surface area contributed by atoms with E-state index in [4.69, 9.17) is 0 Å². The van der Waals surface area contributed by atoms with Crippen molar-refractivity contribution in [1.82, 2.24) is 9.88 Å². The standard InChI is InChI=1S/C16H18N2S/c1-18(2)8-7-13-11-17-15-6-5-12(10-14(13)15)16-4-3-9-19-16/h3-6,9-11,17H,7-8H2,1-2H3. The molecule has 1 N–H and O–H groups in total. The highest BCUT2D eigenvalue weighted by molar-refractivity contribution is 7.13. The highest BCUT2D eigenvalue weighted by atomic mass is 32.1. The molecule has 3 rings (SSSR count). The van der Waals surface area contributed by atoms with Gasteiger partial charge in [-0.1, -0.05) is 12.1 Å². The number of aromatic nitrogens is 1. The van der Waals surface area contributed by atoms with Crippen LogP contribution in [0.3, 0.4) is 0 Å². The Hall–Kier alpha value is -1.58. The van der Waals surface area contributed by atoms with Gasteiger partial charge in [0.25, 0.3) is 0 Å². The molecule has 2 nitrogen and oxygen atoms in total. The third kappa shape index (κ3) is 2.57. The van der Waals surface area contributed by atoms with E-state index in [1.165, 1.54) is 26.9 Å². The van der Waals surface area contributed by atoms with Crippen molar-refractivity contribution in [1.29, 1.82) is 0 Å². The van der Waals surface area contributed by atoms with Crippen molar-refractivity contribution in [2.24, 2.45) is 0 Å². The van der Waals surface area contributed by atoms with Crippen LogP contribution in [0.5, 0.6) is 0 Å². The quantitative estimate of drug-likeness (QED) is 0.759. The van der Waals surface area contributed by atoms with Crippen LogP contribution in [0.4, 0.5) is 0 Å². The van der Waals surface area contributed by atoms with Crippen molar-refractivity contribution < 1.29 is 0 Å². The molecule has 0 unspecified atom stereocenters. The van der Waals surface area contributed by atoms with Gasteiger partial charge in [-0.2, -0.15) is 0 Å². The van der Waals surface area contributed by atoms with E-state index in [1.807, 2.05) is 0 Å². The van der Waals surface area contributed by atoms with E-state index in [0.717, 1.165) is 13.0 Å². The molecule has 0 saturated carbocycles. The first-order chi connectivity index (χ1) is 9.24. The van der Waals surface area contributed by atoms with Crippen LogP contribution >= 0.6 is 11.3 Å². The summed E-state index contributed by atoms with van der Waals surface area (Å²) >= 11 is 1.79. The number of rotatable bonds is 4. The Morgan fingerprint density at radius 3 is 2.84 bits per heavy atom. The maximum atomic E-state index is 3.37. The van der Waals surface area contributed by atoms with Crippen LogP contribution in [-0.4, -0.2) is 30.5 Å². The predicted molar refractivity (Wildman–Crippen MR) is 83.9 cm³/mol. The number of aromatic amines is 1. The van der Waals surface area contributed by atoms with Crippen molar-refractivity contribution in [3.63, 3.8) is 0 Å². The van der Waals surface area contributed by atoms with Gasteiger partial charge in [0.2, 0.25) is 0 Å². The van der Waals surface area contributed by atoms with Gasteiger partial charge in [-0.05, 0) is 55.2 Å². The molecule has 0 aliphatic rings. The molecule has 0 aliphatic carbocycles. The molecular formula is C16H18N2S. The second kappa shape index (κ2) is 5.19. The van der Waals surface area contributed by atoms with E-state index in [2.05, 4.69) is 65.9 Å². The van der Waals surface area contributed by atoms with Crippen molar-refractivity contribution in [3.05, 3.63) is 47.5 Å². The fourth-order valence-electron chi connectivity index (χ4n) is 2.33. The molecule has 1 aromatic carbocycles. The van der Waals surface area contributed by atoms with E-state index in [0.29, 0.717) is 0 Å². The van der Waals surface area contributed by atoms with E-state index in [9.17, 15) is 0 Å². The van der Waals surface area contributed by atoms with E-state index >= 15 is 0 Å². The molecule has 2 aromatic heterocycles. The Morgan fingerprint density at radius 1 is 1.21 bits per heavy atom. The minimum atomic E-state index is 1.08. The van der Waals surface area contributed by atoms with Gasteiger partial charge in [0.1, 0.15) is 0 Å². The summed E-state index contributed by atoms with van der Waals surface area (Å²) in [6, 6.07) is 11.0. The molecule has 0 spiro atoms. The van der Waals surface area contributed by atoms with Crippen molar-refractivity contribution >= 4 is 22.2 Å². The van der Waals surface area contributed by atoms with E-state index < -0.39 is 0 Å². The molecular weight excluding hydrogens is 252 g/mol. The zero-order valence-electron chi connectivity index (χ0n) is 11.3. The molecule has 3 heteroatoms. The van der Waals surface area contributed by atoms with Gasteiger partial charge in [-0.25, -0.2) is 0 Å². The van der Waals surface area contributed by atoms with Crippen molar-refractivity contribution in [2.45, 2.75) is 6.42 Å². The van der Waals surface area contributed by atoms with Gasteiger partial charge in [-0.3, -0.25) is 0 Å². The summed E-state index contributed by atoms with van der Waals surface area (Å²) in [5.41, 5.74) is 3.95. The number of likely N-dealkylation sites (N-methyl/N-ethyl adjacent to an activating group) is 1. The fourth-order valence-corrected chi connectivity index (χ4v) is 3.05. The van der Waals surface area contributed by atoms with Gasteiger partial charge in [0, 0.05) is 28.5 Å². The Balaban J connectivity index is 1.98. The molecule has 2 heterocycles. The SMILES string of the molecule is CN(C)CCc1c[nH]c2ccc(-c3cccs3)cc12. The second-order valence-corrected chi connectivity index (χ2v) is 6.05. The van der Waals surface area contributed by atoms with Crippen LogP contribution in [0.15, 0.2) is 41.9 Å². The van der Waals surface area contributed by atoms with E-state index in [1.54, 1.807) is 11.3 Å². The smallest absolute Gasteiger partial charge is 0.0457 e. The highest BCUT2D eigenvalue weighted by Crippen LogP contribution is 2.29. The van der Waals surface area contributed by atoms with Crippen LogP contribution in [0.25, 0.3) is 21.3 Å². The van der Waals surface area contributed by atoms with Gasteiger partial charge in [0.05, 0.1) is 0 Å². The molecule has 3 aromatic rings. The Bertz CT molecular complexity index is 665. The predicted octanol–water partition coefficient (Wildman–Crippen LogP) is 4.00. The van der Waals surface area contributed by atoms with Crippen LogP contribution in [-0.2, 0) is 6.42 Å². The van der Waals surface area contributed by atoms with Gasteiger partial charge in [-0.15, -0.1) is 11.3 Å². The average molecular weight is 270 g/mol. The lowest BCUT2D eigenvalue weighted by Gasteiger charge is -2.08. The first kappa shape index (κ1) is 12.5. The second-order valence-electron chi connectivity index (χ2n) is 5.10. The Morgan fingerprint density at radius 2 is 2.11 bits per heavy atom. The van der Waals surface area contributed by atoms with Crippen LogP contribution in [0.2, 0.25) is 0 Å². The van der Waals surface area contributed by atoms with E-state index in [-0.39, 0.29) is 0 Å². The number of nitrogens with one attached hydrogen (secondary N) is 1. The summed E-state index contributed by atoms with van der Waals surface area (Å²) in [6.07, 6.45) is 3.23. The number of nitrogens with zero attached hydrogens (tertiary/aromatic N) is 1. The molecule has 0 saturated heterocycles. The summed E-state index contributed by atoms with van der Waals surface area (Å²) in [7, 11) is 4.23. The molecule has 19 heavy (non-hydrogen) atoms. The van der Waals surface area contributed by atoms with Crippen LogP contribution in [0.1, 0.15) is 5.56 Å². The molecule has 98 valence electrons. The molecule has 0 fully saturated rings. The molecule has 0 atom stereocenters. The Kier molecular flexibility index (Phi) is 3.40. The third-order valence-corrected chi connectivity index (χ3v) is 4.32. The number of hydrogen-bond acceptors (Lipinski definition) is 2. The largest absolute Gasteiger partial charge is 0.361 e. The minimum Gasteiger partial charge on any atom is -0.361 e. The summed E-state index contributed by atoms with van der Waals surface area (Å²) in [5, 5.41) is 3.48. The normalized spacial score (nSPS) is 11.5. The lowest BCUT2D eigenvalue weighted by atomic mass is 10.1. The molecule has 0 radical (unpaired) electrons. The monoisotopic (exact) mass is 270 g/mol. The van der Waals surface area contributed by atoms with Crippen LogP contribution in [0, 0.1) is 0 Å². The van der Waals surface area contributed by atoms with Crippen LogP contribution < -0.4 is 0 Å². The lowest BCUT2D eigenvalue weighted by Crippen LogP contribution is -2.14. The maximum absolute atomic E-state index is 3.37. The van der Waals surface area contributed by atoms with Gasteiger partial charge in [0.15, 0.2) is 0 Å². The number of thiophene rings is 1. The molecule has 0 amide bonds. The first-order valence-corrected chi connectivity index (χ1v) is 7.40. The van der Waals surface area contributed by atoms with Gasteiger partial charge < -0.3 is 9.88 Å². The first-order valence-electron chi connectivity index (χ1n) is 6.52. The Labute approximate surface area is 117 Å². The number of H-pyrrole nitrogens is 1. The number of benzene rings is 1.